The number of anilines is 1. The number of methoxy groups -OCH3 is 1. The lowest BCUT2D eigenvalue weighted by Crippen LogP contribution is -2.19. The number of allylic oxidation sites excluding steroid dienone is 1. The SMILES string of the molecule is COc1cc(NC(=O)/C(N=N)=C2\CCC(c3ccc(F)cc3)N2)ccc1-n1cnc(C)c1. The normalized spacial score (nSPS) is 16.9. The van der Waals surface area contributed by atoms with Crippen molar-refractivity contribution in [2.75, 3.05) is 12.4 Å². The third-order valence-electron chi connectivity index (χ3n) is 5.34. The maximum absolute atomic E-state index is 13.2. The first-order valence-electron chi connectivity index (χ1n) is 10.1. The van der Waals surface area contributed by atoms with Gasteiger partial charge in [-0.05, 0) is 49.6 Å². The van der Waals surface area contributed by atoms with Crippen LogP contribution in [0.5, 0.6) is 5.75 Å². The van der Waals surface area contributed by atoms with Crippen LogP contribution in [0.15, 0.2) is 71.5 Å². The van der Waals surface area contributed by atoms with Gasteiger partial charge < -0.3 is 19.9 Å². The van der Waals surface area contributed by atoms with Gasteiger partial charge in [0.05, 0.1) is 30.9 Å². The van der Waals surface area contributed by atoms with Gasteiger partial charge in [0, 0.05) is 23.6 Å². The van der Waals surface area contributed by atoms with Crippen molar-refractivity contribution in [3.8, 4) is 11.4 Å². The zero-order chi connectivity index (χ0) is 22.7. The number of nitrogens with one attached hydrogen (secondary N) is 3. The minimum atomic E-state index is -0.490. The predicted molar refractivity (Wildman–Crippen MR) is 117 cm³/mol. The highest BCUT2D eigenvalue weighted by Crippen LogP contribution is 2.31. The molecule has 0 spiro atoms. The number of carbonyl (C=O) groups excluding carboxylic acids is 1. The van der Waals surface area contributed by atoms with Crippen LogP contribution in [-0.4, -0.2) is 22.6 Å². The Morgan fingerprint density at radius 3 is 2.75 bits per heavy atom. The lowest BCUT2D eigenvalue weighted by atomic mass is 10.1. The van der Waals surface area contributed by atoms with E-state index in [0.29, 0.717) is 23.6 Å². The third-order valence-corrected chi connectivity index (χ3v) is 5.34. The van der Waals surface area contributed by atoms with Gasteiger partial charge in [-0.2, -0.15) is 5.11 Å². The summed E-state index contributed by atoms with van der Waals surface area (Å²) in [5.74, 6) is -0.225. The fraction of sp³-hybridized carbons (Fsp3) is 0.217. The number of benzene rings is 2. The molecule has 1 aliphatic heterocycles. The van der Waals surface area contributed by atoms with E-state index in [0.717, 1.165) is 23.4 Å². The fourth-order valence-corrected chi connectivity index (χ4v) is 3.74. The molecule has 3 N–H and O–H groups in total. The molecule has 1 atom stereocenters. The van der Waals surface area contributed by atoms with Crippen LogP contribution in [0.25, 0.3) is 5.69 Å². The molecule has 9 heteroatoms. The summed E-state index contributed by atoms with van der Waals surface area (Å²) in [6.45, 7) is 1.90. The van der Waals surface area contributed by atoms with Crippen molar-refractivity contribution < 1.29 is 13.9 Å². The Labute approximate surface area is 184 Å². The van der Waals surface area contributed by atoms with Crippen molar-refractivity contribution in [3.63, 3.8) is 0 Å². The Morgan fingerprint density at radius 2 is 2.09 bits per heavy atom. The van der Waals surface area contributed by atoms with Gasteiger partial charge in [0.2, 0.25) is 0 Å². The number of nitrogens with zero attached hydrogens (tertiary/aromatic N) is 3. The molecule has 2 aromatic carbocycles. The van der Waals surface area contributed by atoms with E-state index in [-0.39, 0.29) is 17.6 Å². The van der Waals surface area contributed by atoms with Gasteiger partial charge in [0.15, 0.2) is 5.70 Å². The molecule has 0 radical (unpaired) electrons. The average molecular weight is 434 g/mol. The second kappa shape index (κ2) is 9.01. The Balaban J connectivity index is 1.52. The highest BCUT2D eigenvalue weighted by Gasteiger charge is 2.26. The van der Waals surface area contributed by atoms with Gasteiger partial charge in [0.25, 0.3) is 5.91 Å². The van der Waals surface area contributed by atoms with Crippen LogP contribution in [0.4, 0.5) is 10.1 Å². The maximum Gasteiger partial charge on any atom is 0.277 e. The summed E-state index contributed by atoms with van der Waals surface area (Å²) in [5, 5.41) is 9.50. The van der Waals surface area contributed by atoms with Gasteiger partial charge >= 0.3 is 0 Å². The molecular weight excluding hydrogens is 411 g/mol. The van der Waals surface area contributed by atoms with Crippen LogP contribution in [0.2, 0.25) is 0 Å². The minimum absolute atomic E-state index is 0.0166. The molecule has 2 heterocycles. The summed E-state index contributed by atoms with van der Waals surface area (Å²) in [6, 6.07) is 11.4. The predicted octanol–water partition coefficient (Wildman–Crippen LogP) is 4.63. The van der Waals surface area contributed by atoms with Crippen molar-refractivity contribution in [2.24, 2.45) is 5.11 Å². The summed E-state index contributed by atoms with van der Waals surface area (Å²) in [4.78, 5) is 17.1. The molecule has 0 aliphatic carbocycles. The van der Waals surface area contributed by atoms with E-state index in [1.54, 1.807) is 37.7 Å². The molecule has 0 saturated carbocycles. The summed E-state index contributed by atoms with van der Waals surface area (Å²) in [6.07, 6.45) is 4.85. The van der Waals surface area contributed by atoms with Gasteiger partial charge in [-0.15, -0.1) is 0 Å². The third kappa shape index (κ3) is 4.36. The topological polar surface area (TPSA) is 104 Å². The molecular formula is C23H23FN6O2. The number of amides is 1. The monoisotopic (exact) mass is 434 g/mol. The molecule has 1 aliphatic rings. The highest BCUT2D eigenvalue weighted by atomic mass is 19.1. The second-order valence-corrected chi connectivity index (χ2v) is 7.49. The summed E-state index contributed by atoms with van der Waals surface area (Å²) in [5.41, 5.74) is 11.2. The molecule has 3 aromatic rings. The van der Waals surface area contributed by atoms with Crippen LogP contribution in [-0.2, 0) is 4.79 Å². The van der Waals surface area contributed by atoms with E-state index in [9.17, 15) is 9.18 Å². The Hall–Kier alpha value is -4.01. The lowest BCUT2D eigenvalue weighted by molar-refractivity contribution is -0.113. The Kier molecular flexibility index (Phi) is 5.98. The van der Waals surface area contributed by atoms with Gasteiger partial charge in [-0.3, -0.25) is 4.79 Å². The van der Waals surface area contributed by atoms with E-state index in [2.05, 4.69) is 20.7 Å². The first kappa shape index (κ1) is 21.2. The number of imidazole rings is 1. The number of hydrogen-bond donors (Lipinski definition) is 3. The van der Waals surface area contributed by atoms with E-state index in [1.165, 1.54) is 12.1 Å². The zero-order valence-electron chi connectivity index (χ0n) is 17.7. The molecule has 8 nitrogen and oxygen atoms in total. The number of aromatic nitrogens is 2. The number of carbonyl (C=O) groups is 1. The first-order chi connectivity index (χ1) is 15.5. The van der Waals surface area contributed by atoms with Crippen LogP contribution < -0.4 is 15.4 Å². The smallest absolute Gasteiger partial charge is 0.277 e. The quantitative estimate of drug-likeness (QED) is 0.388. The number of halogens is 1. The highest BCUT2D eigenvalue weighted by molar-refractivity contribution is 6.04. The second-order valence-electron chi connectivity index (χ2n) is 7.49. The number of rotatable bonds is 6. The number of hydrogen-bond acceptors (Lipinski definition) is 6. The van der Waals surface area contributed by atoms with Crippen molar-refractivity contribution in [2.45, 2.75) is 25.8 Å². The number of ether oxygens (including phenoxy) is 1. The molecule has 32 heavy (non-hydrogen) atoms. The standard InChI is InChI=1S/C23H23FN6O2/c1-14-12-30(13-26-14)20-10-7-17(11-21(20)32-2)27-23(31)22(29-25)19-9-8-18(28-19)15-3-5-16(24)6-4-15/h3-7,10-13,18,25,28H,8-9H2,1-2H3,(H,27,31)/b22-19-,29-25?. The van der Waals surface area contributed by atoms with E-state index in [1.807, 2.05) is 23.8 Å². The fourth-order valence-electron chi connectivity index (χ4n) is 3.74. The van der Waals surface area contributed by atoms with E-state index in [4.69, 9.17) is 10.3 Å². The Bertz CT molecular complexity index is 1190. The first-order valence-corrected chi connectivity index (χ1v) is 10.1. The summed E-state index contributed by atoms with van der Waals surface area (Å²) < 4.78 is 20.5. The van der Waals surface area contributed by atoms with Crippen molar-refractivity contribution in [3.05, 3.63) is 83.5 Å². The molecule has 0 bridgehead atoms. The van der Waals surface area contributed by atoms with Crippen molar-refractivity contribution >= 4 is 11.6 Å². The largest absolute Gasteiger partial charge is 0.494 e. The summed E-state index contributed by atoms with van der Waals surface area (Å²) in [7, 11) is 1.55. The van der Waals surface area contributed by atoms with E-state index < -0.39 is 5.91 Å². The zero-order valence-corrected chi connectivity index (χ0v) is 17.7. The van der Waals surface area contributed by atoms with Gasteiger partial charge in [-0.1, -0.05) is 12.1 Å². The molecule has 4 rings (SSSR count). The van der Waals surface area contributed by atoms with Crippen LogP contribution in [0.1, 0.15) is 30.1 Å². The van der Waals surface area contributed by atoms with E-state index >= 15 is 0 Å². The summed E-state index contributed by atoms with van der Waals surface area (Å²) >= 11 is 0. The Morgan fingerprint density at radius 1 is 1.31 bits per heavy atom. The lowest BCUT2D eigenvalue weighted by Gasteiger charge is -2.14. The molecule has 1 unspecified atom stereocenters. The average Bonchev–Trinajstić information content (AvgIpc) is 3.44. The van der Waals surface area contributed by atoms with Crippen LogP contribution in [0.3, 0.4) is 0 Å². The molecule has 1 aromatic heterocycles. The molecule has 1 saturated heterocycles. The molecule has 1 amide bonds. The van der Waals surface area contributed by atoms with Gasteiger partial charge in [0.1, 0.15) is 11.6 Å². The van der Waals surface area contributed by atoms with Crippen molar-refractivity contribution in [1.29, 1.82) is 5.53 Å². The van der Waals surface area contributed by atoms with Crippen LogP contribution >= 0.6 is 0 Å². The number of aryl methyl sites for hydroxylation is 1. The van der Waals surface area contributed by atoms with Gasteiger partial charge in [-0.25, -0.2) is 14.9 Å². The minimum Gasteiger partial charge on any atom is -0.494 e. The van der Waals surface area contributed by atoms with Crippen molar-refractivity contribution in [1.82, 2.24) is 14.9 Å². The molecule has 164 valence electrons. The maximum atomic E-state index is 13.2. The van der Waals surface area contributed by atoms with Crippen LogP contribution in [0, 0.1) is 18.3 Å². The molecule has 1 fully saturated rings.